The molecule has 0 unspecified atom stereocenters. The maximum Gasteiger partial charge on any atom is 0.226 e. The third-order valence-corrected chi connectivity index (χ3v) is 8.12. The van der Waals surface area contributed by atoms with E-state index >= 15 is 0 Å². The predicted octanol–water partition coefficient (Wildman–Crippen LogP) is 6.99. The minimum Gasteiger partial charge on any atom is -0.352 e. The van der Waals surface area contributed by atoms with Gasteiger partial charge in [0, 0.05) is 52.8 Å². The van der Waals surface area contributed by atoms with Crippen LogP contribution in [0.1, 0.15) is 35.5 Å². The topological polar surface area (TPSA) is 62.2 Å². The summed E-state index contributed by atoms with van der Waals surface area (Å²) in [6.45, 7) is 2.44. The van der Waals surface area contributed by atoms with Crippen LogP contribution in [0.25, 0.3) is 16.5 Å². The van der Waals surface area contributed by atoms with Gasteiger partial charge >= 0.3 is 0 Å². The average Bonchev–Trinajstić information content (AvgIpc) is 3.58. The lowest BCUT2D eigenvalue weighted by molar-refractivity contribution is -0.116. The van der Waals surface area contributed by atoms with Crippen LogP contribution in [0.15, 0.2) is 103 Å². The van der Waals surface area contributed by atoms with Gasteiger partial charge in [-0.05, 0) is 78.6 Å². The Kier molecular flexibility index (Phi) is 7.24. The summed E-state index contributed by atoms with van der Waals surface area (Å²) in [5.41, 5.74) is 4.74. The molecule has 0 radical (unpaired) electrons. The summed E-state index contributed by atoms with van der Waals surface area (Å²) in [5.74, 6) is -0.0668. The van der Waals surface area contributed by atoms with Crippen LogP contribution in [-0.2, 0) is 4.79 Å². The van der Waals surface area contributed by atoms with Crippen molar-refractivity contribution in [1.29, 1.82) is 0 Å². The van der Waals surface area contributed by atoms with Crippen molar-refractivity contribution < 1.29 is 4.79 Å². The smallest absolute Gasteiger partial charge is 0.226 e. The molecule has 3 heterocycles. The number of fused-ring (bicyclic) bond motifs is 1. The van der Waals surface area contributed by atoms with E-state index in [1.165, 1.54) is 0 Å². The van der Waals surface area contributed by atoms with E-state index in [2.05, 4.69) is 37.2 Å². The maximum absolute atomic E-state index is 13.2. The zero-order valence-electron chi connectivity index (χ0n) is 21.9. The van der Waals surface area contributed by atoms with Crippen LogP contribution in [0.4, 0.5) is 5.69 Å². The van der Waals surface area contributed by atoms with Crippen molar-refractivity contribution in [3.63, 3.8) is 0 Å². The van der Waals surface area contributed by atoms with E-state index in [1.807, 2.05) is 92.0 Å². The zero-order chi connectivity index (χ0) is 27.6. The number of thiocarbonyl (C=S) groups is 1. The molecule has 5 aromatic rings. The number of rotatable bonds is 7. The van der Waals surface area contributed by atoms with Crippen molar-refractivity contribution >= 4 is 51.3 Å². The molecule has 40 heavy (non-hydrogen) atoms. The van der Waals surface area contributed by atoms with E-state index in [0.717, 1.165) is 44.1 Å². The molecule has 3 aromatic carbocycles. The number of carbonyl (C=O) groups is 1. The number of pyridine rings is 1. The van der Waals surface area contributed by atoms with E-state index in [0.29, 0.717) is 11.7 Å². The minimum atomic E-state index is -0.183. The number of anilines is 1. The molecule has 1 fully saturated rings. The molecule has 1 aliphatic rings. The van der Waals surface area contributed by atoms with Gasteiger partial charge in [-0.3, -0.25) is 9.78 Å². The Balaban J connectivity index is 1.30. The van der Waals surface area contributed by atoms with Crippen molar-refractivity contribution in [3.05, 3.63) is 125 Å². The lowest BCUT2D eigenvalue weighted by Gasteiger charge is -2.29. The quantitative estimate of drug-likeness (QED) is 0.208. The van der Waals surface area contributed by atoms with E-state index in [9.17, 15) is 4.79 Å². The number of benzene rings is 3. The van der Waals surface area contributed by atoms with E-state index < -0.39 is 0 Å². The molecule has 0 spiro atoms. The van der Waals surface area contributed by atoms with E-state index in [4.69, 9.17) is 23.8 Å². The number of carbonyl (C=O) groups excluding carboxylic acids is 1. The molecule has 0 saturated carbocycles. The fourth-order valence-corrected chi connectivity index (χ4v) is 5.84. The lowest BCUT2D eigenvalue weighted by atomic mass is 10.0. The summed E-state index contributed by atoms with van der Waals surface area (Å²) >= 11 is 12.2. The summed E-state index contributed by atoms with van der Waals surface area (Å²) in [4.78, 5) is 19.9. The molecule has 6 rings (SSSR count). The summed E-state index contributed by atoms with van der Waals surface area (Å²) in [6.07, 6.45) is 4.11. The van der Waals surface area contributed by atoms with Crippen LogP contribution in [0.3, 0.4) is 0 Å². The first-order valence-corrected chi connectivity index (χ1v) is 14.0. The Morgan fingerprint density at radius 1 is 1.02 bits per heavy atom. The molecule has 2 aromatic heterocycles. The fraction of sp³-hybridized carbons (Fsp3) is 0.156. The van der Waals surface area contributed by atoms with Crippen molar-refractivity contribution in [1.82, 2.24) is 19.8 Å². The van der Waals surface area contributed by atoms with Crippen LogP contribution in [0, 0.1) is 6.92 Å². The molecular weight excluding hydrogens is 538 g/mol. The molecule has 1 amide bonds. The van der Waals surface area contributed by atoms with Crippen molar-refractivity contribution in [2.45, 2.75) is 25.4 Å². The molecular formula is C32H28ClN5OS. The number of aryl methyl sites for hydroxylation is 1. The van der Waals surface area contributed by atoms with Gasteiger partial charge in [-0.15, -0.1) is 0 Å². The van der Waals surface area contributed by atoms with Crippen LogP contribution in [0.5, 0.6) is 0 Å². The SMILES string of the molecule is Cc1cc(-n2cccc2[C@H]2[C@@H](c3ccccn3)NC(=S)N2CCC(=O)Nc2cccc3ccccc23)ccc1Cl. The number of hydrogen-bond acceptors (Lipinski definition) is 3. The zero-order valence-corrected chi connectivity index (χ0v) is 23.5. The monoisotopic (exact) mass is 565 g/mol. The summed E-state index contributed by atoms with van der Waals surface area (Å²) in [5, 5.41) is 10.0. The Morgan fingerprint density at radius 3 is 2.67 bits per heavy atom. The molecule has 6 nitrogen and oxygen atoms in total. The van der Waals surface area contributed by atoms with E-state index in [1.54, 1.807) is 6.20 Å². The summed E-state index contributed by atoms with van der Waals surface area (Å²) < 4.78 is 2.16. The first kappa shape index (κ1) is 26.0. The highest BCUT2D eigenvalue weighted by Gasteiger charge is 2.41. The number of halogens is 1. The van der Waals surface area contributed by atoms with Crippen molar-refractivity contribution in [2.24, 2.45) is 0 Å². The summed E-state index contributed by atoms with van der Waals surface area (Å²) in [6, 6.07) is 29.6. The van der Waals surface area contributed by atoms with Crippen molar-refractivity contribution in [3.8, 4) is 5.69 Å². The highest BCUT2D eigenvalue weighted by atomic mass is 35.5. The van der Waals surface area contributed by atoms with Gasteiger partial charge in [-0.2, -0.15) is 0 Å². The van der Waals surface area contributed by atoms with Crippen LogP contribution in [0.2, 0.25) is 5.02 Å². The average molecular weight is 566 g/mol. The summed E-state index contributed by atoms with van der Waals surface area (Å²) in [7, 11) is 0. The molecule has 0 bridgehead atoms. The Bertz CT molecular complexity index is 1700. The van der Waals surface area contributed by atoms with Gasteiger partial charge in [0.05, 0.1) is 17.8 Å². The second-order valence-electron chi connectivity index (χ2n) is 9.88. The highest BCUT2D eigenvalue weighted by Crippen LogP contribution is 2.40. The molecule has 1 aliphatic heterocycles. The Hall–Kier alpha value is -4.20. The Labute approximate surface area is 243 Å². The van der Waals surface area contributed by atoms with Crippen LogP contribution < -0.4 is 10.6 Å². The van der Waals surface area contributed by atoms with Crippen molar-refractivity contribution in [2.75, 3.05) is 11.9 Å². The van der Waals surface area contributed by atoms with Gasteiger partial charge in [0.15, 0.2) is 5.11 Å². The van der Waals surface area contributed by atoms with Crippen LogP contribution in [-0.4, -0.2) is 32.0 Å². The Morgan fingerprint density at radius 2 is 1.85 bits per heavy atom. The molecule has 1 saturated heterocycles. The molecule has 2 N–H and O–H groups in total. The second kappa shape index (κ2) is 11.1. The van der Waals surface area contributed by atoms with Gasteiger partial charge in [-0.1, -0.05) is 54.1 Å². The normalized spacial score (nSPS) is 16.8. The van der Waals surface area contributed by atoms with Gasteiger partial charge in [0.25, 0.3) is 0 Å². The van der Waals surface area contributed by atoms with Gasteiger partial charge in [0.2, 0.25) is 5.91 Å². The standard InChI is InChI=1S/C32H28ClN5OS/c1-21-20-23(14-15-25(21)33)37-18-7-13-28(37)31-30(27-11-4-5-17-34-27)36-32(40)38(31)19-16-29(39)35-26-12-6-9-22-8-2-3-10-24(22)26/h2-15,17-18,20,30-31H,16,19H2,1H3,(H,35,39)(H,36,40)/t30-,31+/m1/s1. The van der Waals surface area contributed by atoms with Gasteiger partial charge in [-0.25, -0.2) is 0 Å². The predicted molar refractivity (Wildman–Crippen MR) is 165 cm³/mol. The molecule has 200 valence electrons. The highest BCUT2D eigenvalue weighted by molar-refractivity contribution is 7.80. The number of amides is 1. The van der Waals surface area contributed by atoms with Crippen LogP contribution >= 0.6 is 23.8 Å². The fourth-order valence-electron chi connectivity index (χ4n) is 5.39. The number of aromatic nitrogens is 2. The molecule has 2 atom stereocenters. The first-order valence-electron chi connectivity index (χ1n) is 13.2. The lowest BCUT2D eigenvalue weighted by Crippen LogP contribution is -2.33. The number of hydrogen-bond donors (Lipinski definition) is 2. The van der Waals surface area contributed by atoms with E-state index in [-0.39, 0.29) is 24.4 Å². The maximum atomic E-state index is 13.2. The molecule has 8 heteroatoms. The first-order chi connectivity index (χ1) is 19.5. The van der Waals surface area contributed by atoms with Gasteiger partial charge < -0.3 is 20.1 Å². The number of nitrogens with zero attached hydrogens (tertiary/aromatic N) is 3. The molecule has 0 aliphatic carbocycles. The third-order valence-electron chi connectivity index (χ3n) is 7.34. The third kappa shape index (κ3) is 5.06. The largest absolute Gasteiger partial charge is 0.352 e. The number of nitrogens with one attached hydrogen (secondary N) is 2. The second-order valence-corrected chi connectivity index (χ2v) is 10.7. The van der Waals surface area contributed by atoms with Gasteiger partial charge in [0.1, 0.15) is 0 Å². The minimum absolute atomic E-state index is 0.0668.